The van der Waals surface area contributed by atoms with Gasteiger partial charge in [0.05, 0.1) is 18.5 Å². The third-order valence-corrected chi connectivity index (χ3v) is 4.67. The Balaban J connectivity index is 1.59. The van der Waals surface area contributed by atoms with Gasteiger partial charge in [0.1, 0.15) is 0 Å². The Morgan fingerprint density at radius 2 is 1.87 bits per heavy atom. The molecule has 0 radical (unpaired) electrons. The third kappa shape index (κ3) is 3.12. The normalized spacial score (nSPS) is 11.4. The summed E-state index contributed by atoms with van der Waals surface area (Å²) in [5.74, 6) is 1.12. The van der Waals surface area contributed by atoms with Crippen LogP contribution in [-0.4, -0.2) is 39.6 Å². The molecule has 0 saturated carbocycles. The Morgan fingerprint density at radius 3 is 2.65 bits per heavy atom. The Hall–Kier alpha value is -4.72. The van der Waals surface area contributed by atoms with Crippen LogP contribution in [0.1, 0.15) is 11.3 Å². The number of azo groups is 1. The number of nitrogens with one attached hydrogen (secondary N) is 1. The molecule has 0 atom stereocenters. The van der Waals surface area contributed by atoms with Crippen LogP contribution in [0.5, 0.6) is 0 Å². The summed E-state index contributed by atoms with van der Waals surface area (Å²) in [5.41, 5.74) is 4.04. The van der Waals surface area contributed by atoms with Crippen molar-refractivity contribution >= 4 is 22.8 Å². The Morgan fingerprint density at radius 1 is 1.06 bits per heavy atom. The summed E-state index contributed by atoms with van der Waals surface area (Å²) in [7, 11) is 0. The van der Waals surface area contributed by atoms with Crippen LogP contribution < -0.4 is 0 Å². The fourth-order valence-electron chi connectivity index (χ4n) is 3.13. The van der Waals surface area contributed by atoms with E-state index in [-0.39, 0.29) is 11.5 Å². The average Bonchev–Trinajstić information content (AvgIpc) is 3.46. The van der Waals surface area contributed by atoms with Crippen LogP contribution in [0, 0.1) is 20.4 Å². The predicted octanol–water partition coefficient (Wildman–Crippen LogP) is 4.28. The quantitative estimate of drug-likeness (QED) is 0.351. The van der Waals surface area contributed by atoms with E-state index in [0.717, 1.165) is 16.8 Å². The molecule has 0 saturated heterocycles. The molecule has 4 heterocycles. The van der Waals surface area contributed by atoms with E-state index < -0.39 is 0 Å². The van der Waals surface area contributed by atoms with E-state index in [1.54, 1.807) is 23.1 Å². The third-order valence-electron chi connectivity index (χ3n) is 4.67. The number of rotatable bonds is 4. The fourth-order valence-corrected chi connectivity index (χ4v) is 3.13. The average molecular weight is 409 g/mol. The van der Waals surface area contributed by atoms with Crippen molar-refractivity contribution in [2.45, 2.75) is 13.8 Å². The van der Waals surface area contributed by atoms with Gasteiger partial charge in [-0.1, -0.05) is 24.3 Å². The molecule has 4 aromatic heterocycles. The lowest BCUT2D eigenvalue weighted by Crippen LogP contribution is -2.00. The van der Waals surface area contributed by atoms with Gasteiger partial charge in [-0.25, -0.2) is 19.8 Å². The summed E-state index contributed by atoms with van der Waals surface area (Å²) in [5, 5.41) is 20.5. The van der Waals surface area contributed by atoms with Gasteiger partial charge in [-0.15, -0.1) is 15.3 Å². The molecule has 5 rings (SSSR count). The number of aromatic amines is 1. The molecule has 1 aromatic carbocycles. The Kier molecular flexibility index (Phi) is 4.30. The van der Waals surface area contributed by atoms with Crippen LogP contribution in [-0.2, 0) is 0 Å². The van der Waals surface area contributed by atoms with E-state index in [0.29, 0.717) is 23.1 Å². The number of aryl methyl sites for hydroxylation is 2. The van der Waals surface area contributed by atoms with Crippen LogP contribution in [0.4, 0.5) is 17.2 Å². The second kappa shape index (κ2) is 7.27. The van der Waals surface area contributed by atoms with Crippen LogP contribution in [0.15, 0.2) is 59.2 Å². The smallest absolute Gasteiger partial charge is 0.252 e. The molecule has 1 N–H and O–H groups in total. The summed E-state index contributed by atoms with van der Waals surface area (Å²) in [6.07, 6.45) is 4.59. The highest BCUT2D eigenvalue weighted by molar-refractivity contribution is 5.71. The number of benzene rings is 1. The van der Waals surface area contributed by atoms with Crippen molar-refractivity contribution in [2.75, 3.05) is 0 Å². The summed E-state index contributed by atoms with van der Waals surface area (Å²) in [6.45, 7) is 11.3. The van der Waals surface area contributed by atoms with Gasteiger partial charge in [0.25, 0.3) is 11.6 Å². The van der Waals surface area contributed by atoms with Crippen molar-refractivity contribution in [3.8, 4) is 17.3 Å². The molecule has 31 heavy (non-hydrogen) atoms. The number of H-pyrrole nitrogens is 1. The second-order valence-corrected chi connectivity index (χ2v) is 6.70. The van der Waals surface area contributed by atoms with Crippen molar-refractivity contribution in [1.82, 2.24) is 39.6 Å². The first-order valence-corrected chi connectivity index (χ1v) is 9.31. The van der Waals surface area contributed by atoms with Gasteiger partial charge in [-0.3, -0.25) is 5.10 Å². The highest BCUT2D eigenvalue weighted by atomic mass is 15.5. The van der Waals surface area contributed by atoms with E-state index in [1.807, 2.05) is 38.1 Å². The van der Waals surface area contributed by atoms with E-state index >= 15 is 0 Å². The largest absolute Gasteiger partial charge is 0.278 e. The maximum Gasteiger partial charge on any atom is 0.252 e. The molecule has 0 aliphatic heterocycles. The molecule has 0 aliphatic carbocycles. The van der Waals surface area contributed by atoms with E-state index in [2.05, 4.69) is 45.3 Å². The SMILES string of the molecule is [C-]#[N+]c1cnn(-c2ncccn2)c1N=Nc1c(C)[nH]n2nc(-c3ccccc3C)nc12. The van der Waals surface area contributed by atoms with Gasteiger partial charge in [-0.05, 0) is 25.5 Å². The number of fused-ring (bicyclic) bond motifs is 1. The molecule has 0 fully saturated rings. The van der Waals surface area contributed by atoms with Gasteiger partial charge in [0.2, 0.25) is 5.65 Å². The topological polar surface area (TPSA) is 119 Å². The van der Waals surface area contributed by atoms with E-state index in [9.17, 15) is 0 Å². The fraction of sp³-hybridized carbons (Fsp3) is 0.100. The van der Waals surface area contributed by atoms with Gasteiger partial charge in [-0.2, -0.15) is 14.4 Å². The second-order valence-electron chi connectivity index (χ2n) is 6.70. The van der Waals surface area contributed by atoms with Crippen molar-refractivity contribution in [1.29, 1.82) is 0 Å². The zero-order valence-corrected chi connectivity index (χ0v) is 16.6. The van der Waals surface area contributed by atoms with E-state index in [4.69, 9.17) is 6.57 Å². The van der Waals surface area contributed by atoms with Crippen molar-refractivity contribution in [2.24, 2.45) is 10.2 Å². The van der Waals surface area contributed by atoms with Gasteiger partial charge >= 0.3 is 0 Å². The molecular weight excluding hydrogens is 394 g/mol. The molecule has 0 aliphatic rings. The molecule has 150 valence electrons. The van der Waals surface area contributed by atoms with Crippen molar-refractivity contribution < 1.29 is 0 Å². The minimum absolute atomic E-state index is 0.235. The first-order valence-electron chi connectivity index (χ1n) is 9.31. The monoisotopic (exact) mass is 409 g/mol. The lowest BCUT2D eigenvalue weighted by atomic mass is 10.1. The molecule has 11 heteroatoms. The molecule has 0 amide bonds. The van der Waals surface area contributed by atoms with Crippen LogP contribution in [0.3, 0.4) is 0 Å². The van der Waals surface area contributed by atoms with Crippen LogP contribution in [0.2, 0.25) is 0 Å². The van der Waals surface area contributed by atoms with Crippen molar-refractivity contribution in [3.05, 3.63) is 71.6 Å². The lowest BCUT2D eigenvalue weighted by molar-refractivity contribution is 0.803. The highest BCUT2D eigenvalue weighted by Crippen LogP contribution is 2.33. The summed E-state index contributed by atoms with van der Waals surface area (Å²) >= 11 is 0. The Labute approximate surface area is 175 Å². The van der Waals surface area contributed by atoms with Crippen LogP contribution in [0.25, 0.3) is 27.8 Å². The summed E-state index contributed by atoms with van der Waals surface area (Å²) in [4.78, 5) is 16.5. The minimum Gasteiger partial charge on any atom is -0.278 e. The first-order chi connectivity index (χ1) is 15.2. The molecule has 11 nitrogen and oxygen atoms in total. The molecule has 0 spiro atoms. The highest BCUT2D eigenvalue weighted by Gasteiger charge is 2.18. The zero-order chi connectivity index (χ0) is 21.4. The summed E-state index contributed by atoms with van der Waals surface area (Å²) < 4.78 is 2.94. The lowest BCUT2D eigenvalue weighted by Gasteiger charge is -2.01. The maximum atomic E-state index is 7.40. The van der Waals surface area contributed by atoms with Crippen molar-refractivity contribution in [3.63, 3.8) is 0 Å². The number of hydrogen-bond donors (Lipinski definition) is 1. The molecule has 5 aromatic rings. The molecule has 0 bridgehead atoms. The predicted molar refractivity (Wildman–Crippen MR) is 112 cm³/mol. The standard InChI is InChI=1S/C20H15N11/c1-12-7-4-5-8-14(12)17-25-19-16(13(2)28-31(19)29-17)26-27-18-15(21-3)11-24-30(18)20-22-9-6-10-23-20/h4-11,28H,1-2H3. The first kappa shape index (κ1) is 18.3. The number of aromatic nitrogens is 8. The maximum absolute atomic E-state index is 7.40. The van der Waals surface area contributed by atoms with E-state index in [1.165, 1.54) is 10.9 Å². The van der Waals surface area contributed by atoms with Gasteiger partial charge in [0, 0.05) is 18.0 Å². The van der Waals surface area contributed by atoms with Crippen LogP contribution >= 0.6 is 0 Å². The van der Waals surface area contributed by atoms with Gasteiger partial charge in [0.15, 0.2) is 17.3 Å². The molecular formula is C20H15N11. The molecule has 0 unspecified atom stereocenters. The zero-order valence-electron chi connectivity index (χ0n) is 16.6. The number of nitrogens with zero attached hydrogens (tertiary/aromatic N) is 10. The minimum atomic E-state index is 0.235. The van der Waals surface area contributed by atoms with Gasteiger partial charge < -0.3 is 0 Å². The summed E-state index contributed by atoms with van der Waals surface area (Å²) in [6, 6.07) is 9.59. The number of hydrogen-bond acceptors (Lipinski definition) is 7. The Bertz CT molecular complexity index is 1460.